The molecule has 70 valence electrons. The molecule has 0 bridgehead atoms. The molecule has 1 N–H and O–H groups in total. The van der Waals surface area contributed by atoms with Gasteiger partial charge in [0.1, 0.15) is 0 Å². The van der Waals surface area contributed by atoms with Crippen LogP contribution in [0.3, 0.4) is 0 Å². The van der Waals surface area contributed by atoms with Crippen molar-refractivity contribution in [3.8, 4) is 0 Å². The quantitative estimate of drug-likeness (QED) is 0.189. The first-order valence-electron chi connectivity index (χ1n) is 3.77. The second kappa shape index (κ2) is 8.80. The van der Waals surface area contributed by atoms with Gasteiger partial charge in [-0.05, 0) is 0 Å². The van der Waals surface area contributed by atoms with Gasteiger partial charge in [-0.2, -0.15) is 0 Å². The second-order valence-electron chi connectivity index (χ2n) is 2.04. The first kappa shape index (κ1) is 11.7. The summed E-state index contributed by atoms with van der Waals surface area (Å²) in [6.45, 7) is 3.12. The molecule has 0 saturated heterocycles. The van der Waals surface area contributed by atoms with E-state index in [-0.39, 0.29) is 6.73 Å². The van der Waals surface area contributed by atoms with Gasteiger partial charge in [-0.3, -0.25) is 0 Å². The molecule has 12 heavy (non-hydrogen) atoms. The Kier molecular flexibility index (Phi) is 8.58. The molecule has 0 aliphatic carbocycles. The number of hydrogen-bond donors (Lipinski definition) is 1. The van der Waals surface area contributed by atoms with E-state index >= 15 is 0 Å². The van der Waals surface area contributed by atoms with E-state index in [0.29, 0.717) is 19.6 Å². The monoisotopic (exact) mass is 175 g/mol. The van der Waals surface area contributed by atoms with Gasteiger partial charge in [0.05, 0.1) is 0 Å². The van der Waals surface area contributed by atoms with Gasteiger partial charge >= 0.3 is 71.7 Å². The molecule has 5 nitrogen and oxygen atoms in total. The minimum absolute atomic E-state index is 0.108. The molecule has 0 amide bonds. The Balaban J connectivity index is 3.32. The Hall–Kier alpha value is -0.295. The van der Waals surface area contributed by atoms with E-state index in [1.165, 1.54) is 0 Å². The van der Waals surface area contributed by atoms with Crippen LogP contribution in [0.4, 0.5) is 0 Å². The first-order chi connectivity index (χ1) is 5.85. The number of hydrogen-bond acceptors (Lipinski definition) is 5. The van der Waals surface area contributed by atoms with Crippen LogP contribution < -0.4 is 0 Å². The first-order valence-corrected chi connectivity index (χ1v) is 3.77. The van der Waals surface area contributed by atoms with Gasteiger partial charge in [0.2, 0.25) is 0 Å². The van der Waals surface area contributed by atoms with Crippen molar-refractivity contribution in [2.75, 3.05) is 19.9 Å². The Bertz CT molecular complexity index is 114. The number of ether oxygens (including phenoxy) is 2. The molecule has 0 rings (SSSR count). The molecule has 0 radical (unpaired) electrons. The van der Waals surface area contributed by atoms with E-state index in [9.17, 15) is 0 Å². The van der Waals surface area contributed by atoms with E-state index in [1.807, 2.05) is 6.92 Å². The molecule has 0 fully saturated rings. The normalized spacial score (nSPS) is 12.8. The third kappa shape index (κ3) is 6.42. The fourth-order valence-corrected chi connectivity index (χ4v) is 0.626. The molecule has 0 aliphatic rings. The maximum atomic E-state index is 8.31. The molecule has 0 heterocycles. The maximum absolute atomic E-state index is 8.31. The summed E-state index contributed by atoms with van der Waals surface area (Å²) in [5, 5.41) is 8.31. The third-order valence-corrected chi connectivity index (χ3v) is 1.17. The molecule has 0 aromatic carbocycles. The zero-order valence-corrected chi connectivity index (χ0v) is 7.23. The van der Waals surface area contributed by atoms with Gasteiger partial charge in [-0.1, -0.05) is 0 Å². The van der Waals surface area contributed by atoms with Crippen molar-refractivity contribution >= 4 is 7.64 Å². The summed E-state index contributed by atoms with van der Waals surface area (Å²) >= 11 is 0. The van der Waals surface area contributed by atoms with Crippen molar-refractivity contribution in [1.82, 2.24) is 0 Å². The average Bonchev–Trinajstić information content (AvgIpc) is 2.11. The fourth-order valence-electron chi connectivity index (χ4n) is 0.626. The standard InChI is InChI=1S/C6H14BNO4/c1-2-10-4-3-6(12-9)11-5-8-7/h6-7,9H,2-5H2,1H3. The molecule has 6 heteroatoms. The van der Waals surface area contributed by atoms with Crippen molar-refractivity contribution < 1.29 is 19.6 Å². The molecule has 0 aliphatic heterocycles. The molecule has 0 aromatic heterocycles. The van der Waals surface area contributed by atoms with Crippen molar-refractivity contribution in [1.29, 1.82) is 0 Å². The van der Waals surface area contributed by atoms with Crippen LogP contribution in [-0.2, 0) is 14.4 Å². The average molecular weight is 175 g/mol. The van der Waals surface area contributed by atoms with Crippen LogP contribution in [0.25, 0.3) is 0 Å². The van der Waals surface area contributed by atoms with Crippen LogP contribution >= 0.6 is 0 Å². The summed E-state index contributed by atoms with van der Waals surface area (Å²) in [5.74, 6) is 0. The van der Waals surface area contributed by atoms with E-state index in [0.717, 1.165) is 0 Å². The summed E-state index contributed by atoms with van der Waals surface area (Å²) in [6, 6.07) is 0. The summed E-state index contributed by atoms with van der Waals surface area (Å²) in [7, 11) is 3.22. The predicted octanol–water partition coefficient (Wildman–Crippen LogP) is 0.287. The van der Waals surface area contributed by atoms with E-state index < -0.39 is 6.29 Å². The Morgan fingerprint density at radius 3 is 2.83 bits per heavy atom. The van der Waals surface area contributed by atoms with Crippen molar-refractivity contribution in [2.45, 2.75) is 19.6 Å². The molecule has 0 saturated carbocycles. The van der Waals surface area contributed by atoms with Crippen LogP contribution in [0.1, 0.15) is 13.3 Å². The molecule has 1 unspecified atom stereocenters. The Labute approximate surface area is 72.7 Å². The summed E-state index contributed by atoms with van der Waals surface area (Å²) in [4.78, 5) is 7.46. The molecule has 0 aromatic rings. The van der Waals surface area contributed by atoms with E-state index in [2.05, 4.69) is 17.4 Å². The van der Waals surface area contributed by atoms with Crippen LogP contribution in [0.15, 0.2) is 4.90 Å². The van der Waals surface area contributed by atoms with Crippen molar-refractivity contribution in [3.63, 3.8) is 0 Å². The third-order valence-electron chi connectivity index (χ3n) is 1.17. The summed E-state index contributed by atoms with van der Waals surface area (Å²) < 4.78 is 9.93. The van der Waals surface area contributed by atoms with Gasteiger partial charge in [0.15, 0.2) is 0 Å². The van der Waals surface area contributed by atoms with E-state index in [1.54, 1.807) is 0 Å². The van der Waals surface area contributed by atoms with Gasteiger partial charge in [0, 0.05) is 0 Å². The number of nitrogens with zero attached hydrogens (tertiary/aromatic N) is 1. The second-order valence-corrected chi connectivity index (χ2v) is 2.04. The summed E-state index contributed by atoms with van der Waals surface area (Å²) in [6.07, 6.45) is -0.207. The number of rotatable bonds is 8. The molecule has 0 spiro atoms. The predicted molar refractivity (Wildman–Crippen MR) is 44.1 cm³/mol. The Morgan fingerprint density at radius 2 is 2.33 bits per heavy atom. The van der Waals surface area contributed by atoms with Crippen molar-refractivity contribution in [2.24, 2.45) is 4.90 Å². The van der Waals surface area contributed by atoms with Crippen LogP contribution in [0, 0.1) is 0 Å². The minimum atomic E-state index is -0.679. The summed E-state index contributed by atoms with van der Waals surface area (Å²) in [5.41, 5.74) is 0. The van der Waals surface area contributed by atoms with Crippen LogP contribution in [-0.4, -0.2) is 39.1 Å². The molecular formula is C6H14BNO4. The fraction of sp³-hybridized carbons (Fsp3) is 1.00. The van der Waals surface area contributed by atoms with Gasteiger partial charge < -0.3 is 0 Å². The Morgan fingerprint density at radius 1 is 1.58 bits per heavy atom. The van der Waals surface area contributed by atoms with Gasteiger partial charge in [-0.15, -0.1) is 0 Å². The van der Waals surface area contributed by atoms with Gasteiger partial charge in [0.25, 0.3) is 0 Å². The van der Waals surface area contributed by atoms with Crippen LogP contribution in [0.5, 0.6) is 0 Å². The van der Waals surface area contributed by atoms with Gasteiger partial charge in [-0.25, -0.2) is 0 Å². The molecular weight excluding hydrogens is 161 g/mol. The zero-order valence-electron chi connectivity index (χ0n) is 7.23. The van der Waals surface area contributed by atoms with E-state index in [4.69, 9.17) is 14.7 Å². The topological polar surface area (TPSA) is 60.3 Å². The SMILES string of the molecule is B=NCOC(CCOCC)OO. The molecule has 1 atom stereocenters. The van der Waals surface area contributed by atoms with Crippen molar-refractivity contribution in [3.05, 3.63) is 0 Å². The van der Waals surface area contributed by atoms with Crippen LogP contribution in [0.2, 0.25) is 0 Å². The zero-order chi connectivity index (χ0) is 9.23.